The highest BCUT2D eigenvalue weighted by molar-refractivity contribution is 5.30. The monoisotopic (exact) mass is 262 g/mol. The Morgan fingerprint density at radius 2 is 1.89 bits per heavy atom. The van der Waals surface area contributed by atoms with Crippen LogP contribution in [0.15, 0.2) is 45.0 Å². The van der Waals surface area contributed by atoms with E-state index in [1.807, 2.05) is 0 Å². The lowest BCUT2D eigenvalue weighted by Gasteiger charge is -2.09. The molecule has 0 radical (unpaired) electrons. The summed E-state index contributed by atoms with van der Waals surface area (Å²) in [4.78, 5) is 35.1. The van der Waals surface area contributed by atoms with Gasteiger partial charge in [0.05, 0.1) is 0 Å². The number of aromatic nitrogens is 3. The van der Waals surface area contributed by atoms with Gasteiger partial charge in [-0.25, -0.2) is 4.79 Å². The highest BCUT2D eigenvalue weighted by Crippen LogP contribution is 1.89. The highest BCUT2D eigenvalue weighted by Gasteiger charge is 2.07. The Bertz CT molecular complexity index is 735. The Morgan fingerprint density at radius 1 is 1.16 bits per heavy atom. The van der Waals surface area contributed by atoms with Crippen LogP contribution in [0.3, 0.4) is 0 Å². The number of rotatable bonds is 3. The van der Waals surface area contributed by atoms with Crippen molar-refractivity contribution in [3.05, 3.63) is 61.8 Å². The molecule has 0 saturated heterocycles. The second-order valence-corrected chi connectivity index (χ2v) is 4.17. The van der Waals surface area contributed by atoms with Gasteiger partial charge in [0.25, 0.3) is 11.1 Å². The Balaban J connectivity index is 2.36. The van der Waals surface area contributed by atoms with Crippen LogP contribution < -0.4 is 22.5 Å². The lowest BCUT2D eigenvalue weighted by Crippen LogP contribution is -2.41. The van der Waals surface area contributed by atoms with E-state index in [9.17, 15) is 14.4 Å². The first-order chi connectivity index (χ1) is 9.00. The number of nitrogens with two attached hydrogens (primary N) is 1. The third kappa shape index (κ3) is 2.49. The van der Waals surface area contributed by atoms with E-state index in [2.05, 4.69) is 0 Å². The number of pyridine rings is 1. The fourth-order valence-electron chi connectivity index (χ4n) is 1.80. The van der Waals surface area contributed by atoms with Crippen LogP contribution in [-0.2, 0) is 20.1 Å². The highest BCUT2D eigenvalue weighted by atomic mass is 16.2. The molecule has 2 N–H and O–H groups in total. The molecule has 2 aromatic rings. The number of hydrogen-bond donors (Lipinski definition) is 1. The van der Waals surface area contributed by atoms with Crippen LogP contribution in [0, 0.1) is 0 Å². The van der Waals surface area contributed by atoms with E-state index < -0.39 is 11.2 Å². The van der Waals surface area contributed by atoms with E-state index in [0.717, 1.165) is 4.57 Å². The first-order valence-electron chi connectivity index (χ1n) is 5.72. The molecule has 2 aromatic heterocycles. The minimum Gasteiger partial charge on any atom is -0.393 e. The van der Waals surface area contributed by atoms with E-state index in [0.29, 0.717) is 0 Å². The largest absolute Gasteiger partial charge is 0.393 e. The molecule has 0 amide bonds. The Morgan fingerprint density at radius 3 is 2.58 bits per heavy atom. The van der Waals surface area contributed by atoms with Gasteiger partial charge in [0, 0.05) is 38.6 Å². The Labute approximate surface area is 108 Å². The molecule has 0 atom stereocenters. The summed E-state index contributed by atoms with van der Waals surface area (Å²) >= 11 is 0. The van der Waals surface area contributed by atoms with Crippen molar-refractivity contribution >= 4 is 5.69 Å². The Kier molecular flexibility index (Phi) is 3.37. The van der Waals surface area contributed by atoms with Crippen LogP contribution in [0.4, 0.5) is 5.69 Å². The van der Waals surface area contributed by atoms with E-state index >= 15 is 0 Å². The average Bonchev–Trinajstić information content (AvgIpc) is 2.38. The SMILES string of the molecule is Cn1cc(N)c(=O)n(CCn2ccccc2=O)c1=O. The zero-order chi connectivity index (χ0) is 14.0. The predicted molar refractivity (Wildman–Crippen MR) is 71.1 cm³/mol. The van der Waals surface area contributed by atoms with Gasteiger partial charge in [-0.15, -0.1) is 0 Å². The Hall–Kier alpha value is -2.57. The summed E-state index contributed by atoms with van der Waals surface area (Å²) in [5.41, 5.74) is 4.36. The number of nitrogen functional groups attached to an aromatic ring is 1. The van der Waals surface area contributed by atoms with Gasteiger partial charge in [-0.1, -0.05) is 6.07 Å². The maximum atomic E-state index is 11.8. The molecule has 0 saturated carbocycles. The van der Waals surface area contributed by atoms with Gasteiger partial charge in [-0.2, -0.15) is 0 Å². The summed E-state index contributed by atoms with van der Waals surface area (Å²) < 4.78 is 3.69. The third-order valence-corrected chi connectivity index (χ3v) is 2.82. The number of hydrogen-bond acceptors (Lipinski definition) is 4. The molecule has 2 rings (SSSR count). The molecule has 7 heteroatoms. The van der Waals surface area contributed by atoms with Crippen LogP contribution in [-0.4, -0.2) is 13.7 Å². The molecule has 2 heterocycles. The number of nitrogens with zero attached hydrogens (tertiary/aromatic N) is 3. The molecule has 0 unspecified atom stereocenters. The molecule has 0 spiro atoms. The van der Waals surface area contributed by atoms with Crippen LogP contribution in [0.25, 0.3) is 0 Å². The number of aryl methyl sites for hydroxylation is 2. The minimum absolute atomic E-state index is 0.00232. The molecular weight excluding hydrogens is 248 g/mol. The van der Waals surface area contributed by atoms with Crippen molar-refractivity contribution in [1.29, 1.82) is 0 Å². The van der Waals surface area contributed by atoms with Crippen LogP contribution in [0.1, 0.15) is 0 Å². The van der Waals surface area contributed by atoms with E-state index in [1.54, 1.807) is 18.3 Å². The van der Waals surface area contributed by atoms with Gasteiger partial charge >= 0.3 is 5.69 Å². The topological polar surface area (TPSA) is 92.0 Å². The number of anilines is 1. The summed E-state index contributed by atoms with van der Waals surface area (Å²) in [5.74, 6) is 0. The van der Waals surface area contributed by atoms with Crippen LogP contribution in [0.5, 0.6) is 0 Å². The summed E-state index contributed by atoms with van der Waals surface area (Å²) in [6, 6.07) is 4.76. The predicted octanol–water partition coefficient (Wildman–Crippen LogP) is -1.01. The van der Waals surface area contributed by atoms with Crippen molar-refractivity contribution in [1.82, 2.24) is 13.7 Å². The van der Waals surface area contributed by atoms with Crippen LogP contribution >= 0.6 is 0 Å². The standard InChI is InChI=1S/C12H14N4O3/c1-14-8-9(13)11(18)16(12(14)19)7-6-15-5-3-2-4-10(15)17/h2-5,8H,6-7,13H2,1H3. The van der Waals surface area contributed by atoms with Crippen molar-refractivity contribution in [3.8, 4) is 0 Å². The molecule has 0 bridgehead atoms. The van der Waals surface area contributed by atoms with Gasteiger partial charge in [0.1, 0.15) is 5.69 Å². The lowest BCUT2D eigenvalue weighted by atomic mass is 10.4. The molecular formula is C12H14N4O3. The summed E-state index contributed by atoms with van der Waals surface area (Å²) in [7, 11) is 1.52. The maximum Gasteiger partial charge on any atom is 0.330 e. The summed E-state index contributed by atoms with van der Waals surface area (Å²) in [6.07, 6.45) is 2.89. The van der Waals surface area contributed by atoms with Crippen molar-refractivity contribution in [2.24, 2.45) is 7.05 Å². The first kappa shape index (κ1) is 12.9. The first-order valence-corrected chi connectivity index (χ1v) is 5.72. The fraction of sp³-hybridized carbons (Fsp3) is 0.250. The lowest BCUT2D eigenvalue weighted by molar-refractivity contribution is 0.518. The molecule has 0 aliphatic carbocycles. The maximum absolute atomic E-state index is 11.8. The van der Waals surface area contributed by atoms with E-state index in [4.69, 9.17) is 5.73 Å². The van der Waals surface area contributed by atoms with E-state index in [-0.39, 0.29) is 24.3 Å². The molecule has 0 aliphatic rings. The molecule has 0 aliphatic heterocycles. The second-order valence-electron chi connectivity index (χ2n) is 4.17. The molecule has 0 aromatic carbocycles. The van der Waals surface area contributed by atoms with Gasteiger partial charge in [-0.3, -0.25) is 14.2 Å². The zero-order valence-corrected chi connectivity index (χ0v) is 10.4. The van der Waals surface area contributed by atoms with E-state index in [1.165, 1.54) is 28.4 Å². The molecule has 0 fully saturated rings. The van der Waals surface area contributed by atoms with Crippen molar-refractivity contribution in [3.63, 3.8) is 0 Å². The summed E-state index contributed by atoms with van der Waals surface area (Å²) in [6.45, 7) is 0.332. The van der Waals surface area contributed by atoms with Gasteiger partial charge in [-0.05, 0) is 6.07 Å². The fourth-order valence-corrected chi connectivity index (χ4v) is 1.80. The average molecular weight is 262 g/mol. The third-order valence-electron chi connectivity index (χ3n) is 2.82. The van der Waals surface area contributed by atoms with Crippen molar-refractivity contribution in [2.45, 2.75) is 13.1 Å². The second kappa shape index (κ2) is 4.97. The van der Waals surface area contributed by atoms with Crippen molar-refractivity contribution < 1.29 is 0 Å². The molecule has 7 nitrogen and oxygen atoms in total. The minimum atomic E-state index is -0.535. The van der Waals surface area contributed by atoms with Gasteiger partial charge in [0.15, 0.2) is 0 Å². The van der Waals surface area contributed by atoms with Crippen molar-refractivity contribution in [2.75, 3.05) is 5.73 Å². The molecule has 100 valence electrons. The van der Waals surface area contributed by atoms with Gasteiger partial charge < -0.3 is 14.9 Å². The zero-order valence-electron chi connectivity index (χ0n) is 10.4. The quantitative estimate of drug-likeness (QED) is 0.767. The molecule has 19 heavy (non-hydrogen) atoms. The smallest absolute Gasteiger partial charge is 0.330 e. The summed E-state index contributed by atoms with van der Waals surface area (Å²) in [5, 5.41) is 0. The van der Waals surface area contributed by atoms with Gasteiger partial charge in [0.2, 0.25) is 0 Å². The van der Waals surface area contributed by atoms with Crippen LogP contribution in [0.2, 0.25) is 0 Å². The normalized spacial score (nSPS) is 10.6.